The molecule has 0 aliphatic heterocycles. The van der Waals surface area contributed by atoms with Crippen LogP contribution in [-0.2, 0) is 4.79 Å². The number of amides is 1. The molecule has 1 aromatic rings. The van der Waals surface area contributed by atoms with Crippen molar-refractivity contribution in [3.05, 3.63) is 23.2 Å². The fourth-order valence-corrected chi connectivity index (χ4v) is 1.76. The lowest BCUT2D eigenvalue weighted by Gasteiger charge is -2.17. The highest BCUT2D eigenvalue weighted by atomic mass is 35.5. The number of benzene rings is 1. The van der Waals surface area contributed by atoms with Gasteiger partial charge in [-0.15, -0.1) is 0 Å². The smallest absolute Gasteiger partial charge is 0.226 e. The zero-order valence-electron chi connectivity index (χ0n) is 11.6. The average molecular weight is 285 g/mol. The van der Waals surface area contributed by atoms with Crippen LogP contribution < -0.4 is 15.8 Å². The van der Waals surface area contributed by atoms with Gasteiger partial charge in [-0.25, -0.2) is 0 Å². The summed E-state index contributed by atoms with van der Waals surface area (Å²) in [5.41, 5.74) is 5.90. The molecule has 0 aliphatic rings. The van der Waals surface area contributed by atoms with Crippen LogP contribution in [0.5, 0.6) is 5.75 Å². The molecule has 0 heterocycles. The van der Waals surface area contributed by atoms with Crippen LogP contribution >= 0.6 is 11.6 Å². The number of nitrogens with two attached hydrogens (primary N) is 1. The first-order valence-electron chi connectivity index (χ1n) is 6.33. The van der Waals surface area contributed by atoms with E-state index in [-0.39, 0.29) is 12.3 Å². The van der Waals surface area contributed by atoms with Crippen molar-refractivity contribution in [3.63, 3.8) is 0 Å². The molecule has 0 atom stereocenters. The number of carbonyl (C=O) groups is 1. The summed E-state index contributed by atoms with van der Waals surface area (Å²) in [5.74, 6) is 0.492. The van der Waals surface area contributed by atoms with Crippen molar-refractivity contribution in [1.82, 2.24) is 0 Å². The zero-order chi connectivity index (χ0) is 14.5. The fourth-order valence-electron chi connectivity index (χ4n) is 1.53. The maximum atomic E-state index is 11.7. The topological polar surface area (TPSA) is 64.3 Å². The number of nitrogens with one attached hydrogen (secondary N) is 1. The van der Waals surface area contributed by atoms with Crippen LogP contribution in [0.25, 0.3) is 0 Å². The van der Waals surface area contributed by atoms with Gasteiger partial charge in [0.25, 0.3) is 0 Å². The van der Waals surface area contributed by atoms with Gasteiger partial charge in [0.15, 0.2) is 0 Å². The molecule has 0 fully saturated rings. The summed E-state index contributed by atoms with van der Waals surface area (Å²) in [4.78, 5) is 11.7. The Morgan fingerprint density at radius 1 is 1.47 bits per heavy atom. The molecule has 0 unspecified atom stereocenters. The molecule has 4 nitrogen and oxygen atoms in total. The summed E-state index contributed by atoms with van der Waals surface area (Å²) in [5, 5.41) is 3.25. The quantitative estimate of drug-likeness (QED) is 0.843. The van der Waals surface area contributed by atoms with E-state index in [0.717, 1.165) is 6.42 Å². The van der Waals surface area contributed by atoms with Gasteiger partial charge in [0.05, 0.1) is 11.6 Å². The van der Waals surface area contributed by atoms with Gasteiger partial charge in [0, 0.05) is 17.6 Å². The summed E-state index contributed by atoms with van der Waals surface area (Å²) in [6, 6.07) is 5.19. The lowest BCUT2D eigenvalue weighted by atomic mass is 10.0. The Labute approximate surface area is 119 Å². The second-order valence-corrected chi connectivity index (χ2v) is 5.61. The third-order valence-corrected chi connectivity index (χ3v) is 2.59. The number of halogens is 1. The first-order valence-corrected chi connectivity index (χ1v) is 6.70. The molecule has 0 saturated heterocycles. The Kier molecular flexibility index (Phi) is 5.63. The Bertz CT molecular complexity index is 442. The van der Waals surface area contributed by atoms with Gasteiger partial charge in [-0.3, -0.25) is 4.79 Å². The molecule has 1 amide bonds. The van der Waals surface area contributed by atoms with Crippen molar-refractivity contribution in [1.29, 1.82) is 0 Å². The number of rotatable bonds is 6. The summed E-state index contributed by atoms with van der Waals surface area (Å²) >= 11 is 6.08. The van der Waals surface area contributed by atoms with Gasteiger partial charge in [-0.1, -0.05) is 18.5 Å². The van der Waals surface area contributed by atoms with Gasteiger partial charge < -0.3 is 15.8 Å². The van der Waals surface area contributed by atoms with Crippen LogP contribution in [-0.4, -0.2) is 18.1 Å². The molecule has 5 heteroatoms. The van der Waals surface area contributed by atoms with E-state index in [0.29, 0.717) is 23.1 Å². The number of ether oxygens (including phenoxy) is 1. The van der Waals surface area contributed by atoms with Crippen molar-refractivity contribution < 1.29 is 9.53 Å². The Morgan fingerprint density at radius 3 is 2.68 bits per heavy atom. The Morgan fingerprint density at radius 2 is 2.16 bits per heavy atom. The fraction of sp³-hybridized carbons (Fsp3) is 0.500. The molecule has 0 bridgehead atoms. The molecule has 106 valence electrons. The molecule has 0 spiro atoms. The molecule has 0 saturated carbocycles. The molecule has 0 aromatic heterocycles. The average Bonchev–Trinajstić information content (AvgIpc) is 2.25. The van der Waals surface area contributed by atoms with E-state index in [1.807, 2.05) is 6.92 Å². The summed E-state index contributed by atoms with van der Waals surface area (Å²) < 4.78 is 5.46. The SMILES string of the molecule is CCCOc1ccc(NC(=O)CC(C)(C)N)cc1Cl. The molecular weight excluding hydrogens is 264 g/mol. The van der Waals surface area contributed by atoms with Crippen LogP contribution in [0, 0.1) is 0 Å². The highest BCUT2D eigenvalue weighted by Gasteiger charge is 2.16. The highest BCUT2D eigenvalue weighted by Crippen LogP contribution is 2.28. The summed E-state index contributed by atoms with van der Waals surface area (Å²) in [6.07, 6.45) is 1.17. The Balaban J connectivity index is 2.65. The second kappa shape index (κ2) is 6.78. The monoisotopic (exact) mass is 284 g/mol. The van der Waals surface area contributed by atoms with Gasteiger partial charge in [0.2, 0.25) is 5.91 Å². The highest BCUT2D eigenvalue weighted by molar-refractivity contribution is 6.32. The minimum atomic E-state index is -0.530. The van der Waals surface area contributed by atoms with Gasteiger partial charge >= 0.3 is 0 Å². The molecule has 0 radical (unpaired) electrons. The molecule has 1 rings (SSSR count). The van der Waals surface area contributed by atoms with Crippen molar-refractivity contribution in [2.24, 2.45) is 5.73 Å². The molecule has 3 N–H and O–H groups in total. The van der Waals surface area contributed by atoms with Crippen molar-refractivity contribution >= 4 is 23.2 Å². The first-order chi connectivity index (χ1) is 8.81. The number of hydrogen-bond donors (Lipinski definition) is 2. The number of anilines is 1. The van der Waals surface area contributed by atoms with Crippen molar-refractivity contribution in [2.45, 2.75) is 39.2 Å². The predicted octanol–water partition coefficient (Wildman–Crippen LogP) is 3.19. The first kappa shape index (κ1) is 15.8. The molecule has 1 aromatic carbocycles. The normalized spacial score (nSPS) is 11.2. The standard InChI is InChI=1S/C14H21ClN2O2/c1-4-7-19-12-6-5-10(8-11(12)15)17-13(18)9-14(2,3)16/h5-6,8H,4,7,9,16H2,1-3H3,(H,17,18). The molecular formula is C14H21ClN2O2. The van der Waals surface area contributed by atoms with E-state index in [2.05, 4.69) is 5.32 Å². The number of carbonyl (C=O) groups excluding carboxylic acids is 1. The summed E-state index contributed by atoms with van der Waals surface area (Å²) in [6.45, 7) is 6.26. The largest absolute Gasteiger partial charge is 0.492 e. The van der Waals surface area contributed by atoms with E-state index in [9.17, 15) is 4.79 Å². The maximum Gasteiger partial charge on any atom is 0.226 e. The predicted molar refractivity (Wildman–Crippen MR) is 78.8 cm³/mol. The maximum absolute atomic E-state index is 11.7. The van der Waals surface area contributed by atoms with Crippen LogP contribution in [0.3, 0.4) is 0 Å². The molecule has 0 aliphatic carbocycles. The van der Waals surface area contributed by atoms with E-state index in [4.69, 9.17) is 22.1 Å². The second-order valence-electron chi connectivity index (χ2n) is 5.21. The van der Waals surface area contributed by atoms with E-state index in [1.54, 1.807) is 32.0 Å². The van der Waals surface area contributed by atoms with Gasteiger partial charge in [-0.05, 0) is 38.5 Å². The van der Waals surface area contributed by atoms with E-state index >= 15 is 0 Å². The zero-order valence-corrected chi connectivity index (χ0v) is 12.4. The lowest BCUT2D eigenvalue weighted by Crippen LogP contribution is -2.36. The summed E-state index contributed by atoms with van der Waals surface area (Å²) in [7, 11) is 0. The van der Waals surface area contributed by atoms with Crippen molar-refractivity contribution in [3.8, 4) is 5.75 Å². The van der Waals surface area contributed by atoms with Crippen LogP contribution in [0.1, 0.15) is 33.6 Å². The van der Waals surface area contributed by atoms with E-state index < -0.39 is 5.54 Å². The minimum absolute atomic E-state index is 0.134. The third-order valence-electron chi connectivity index (χ3n) is 2.29. The minimum Gasteiger partial charge on any atom is -0.492 e. The van der Waals surface area contributed by atoms with Crippen LogP contribution in [0.2, 0.25) is 5.02 Å². The lowest BCUT2D eigenvalue weighted by molar-refractivity contribution is -0.117. The third kappa shape index (κ3) is 5.94. The molecule has 19 heavy (non-hydrogen) atoms. The van der Waals surface area contributed by atoms with E-state index in [1.165, 1.54) is 0 Å². The van der Waals surface area contributed by atoms with Gasteiger partial charge in [-0.2, -0.15) is 0 Å². The Hall–Kier alpha value is -1.26. The van der Waals surface area contributed by atoms with Crippen molar-refractivity contribution in [2.75, 3.05) is 11.9 Å². The van der Waals surface area contributed by atoms with Crippen LogP contribution in [0.15, 0.2) is 18.2 Å². The number of hydrogen-bond acceptors (Lipinski definition) is 3. The van der Waals surface area contributed by atoms with Crippen LogP contribution in [0.4, 0.5) is 5.69 Å². The van der Waals surface area contributed by atoms with Gasteiger partial charge in [0.1, 0.15) is 5.75 Å².